The van der Waals surface area contributed by atoms with E-state index in [4.69, 9.17) is 14.2 Å². The number of carbonyl (C=O) groups excluding carboxylic acids is 1. The van der Waals surface area contributed by atoms with Gasteiger partial charge in [0.15, 0.2) is 5.79 Å². The lowest BCUT2D eigenvalue weighted by molar-refractivity contribution is -0.188. The third-order valence-corrected chi connectivity index (χ3v) is 3.73. The van der Waals surface area contributed by atoms with E-state index in [0.29, 0.717) is 6.61 Å². The maximum absolute atomic E-state index is 11.4. The number of esters is 1. The Morgan fingerprint density at radius 3 is 2.45 bits per heavy atom. The molecule has 1 saturated carbocycles. The molecule has 1 spiro atoms. The summed E-state index contributed by atoms with van der Waals surface area (Å²) in [6, 6.07) is 0. The Labute approximate surface area is 120 Å². The Hall–Kier alpha value is -1.13. The summed E-state index contributed by atoms with van der Waals surface area (Å²) >= 11 is 0. The summed E-state index contributed by atoms with van der Waals surface area (Å²) in [5.41, 5.74) is 0. The minimum absolute atomic E-state index is 0.122. The molecule has 1 aliphatic carbocycles. The van der Waals surface area contributed by atoms with E-state index in [1.54, 1.807) is 13.0 Å². The van der Waals surface area contributed by atoms with Gasteiger partial charge in [-0.3, -0.25) is 0 Å². The first-order valence-corrected chi connectivity index (χ1v) is 7.52. The summed E-state index contributed by atoms with van der Waals surface area (Å²) in [5.74, 6) is -0.786. The molecule has 0 N–H and O–H groups in total. The number of hydrogen-bond donors (Lipinski definition) is 0. The normalized spacial score (nSPS) is 29.5. The van der Waals surface area contributed by atoms with Crippen LogP contribution in [-0.2, 0) is 19.0 Å². The van der Waals surface area contributed by atoms with Crippen molar-refractivity contribution in [2.75, 3.05) is 6.61 Å². The number of hydrogen-bond acceptors (Lipinski definition) is 4. The molecule has 4 heteroatoms. The molecule has 2 rings (SSSR count). The van der Waals surface area contributed by atoms with Crippen molar-refractivity contribution in [1.82, 2.24) is 0 Å². The molecule has 1 aliphatic heterocycles. The van der Waals surface area contributed by atoms with Crippen molar-refractivity contribution in [1.29, 1.82) is 0 Å². The second-order valence-corrected chi connectivity index (χ2v) is 5.27. The van der Waals surface area contributed by atoms with E-state index >= 15 is 0 Å². The summed E-state index contributed by atoms with van der Waals surface area (Å²) in [6.45, 7) is 4.13. The first-order chi connectivity index (χ1) is 9.69. The third kappa shape index (κ3) is 3.70. The van der Waals surface area contributed by atoms with Crippen LogP contribution in [-0.4, -0.2) is 30.6 Å². The summed E-state index contributed by atoms with van der Waals surface area (Å²) in [5, 5.41) is 0. The SMILES string of the molecule is C/C=C/[C@@H]1OC2(CCCCC2)O[C@@H]1/C=C/C(=O)OCC. The molecule has 112 valence electrons. The standard InChI is InChI=1S/C16H24O4/c1-3-8-13-14(9-10-15(17)18-4-2)20-16(19-13)11-6-5-7-12-16/h3,8-10,13-14H,4-7,11-12H2,1-2H3/b8-3+,10-9+/t13-,14+/m0/s1. The average Bonchev–Trinajstić information content (AvgIpc) is 2.76. The molecule has 4 nitrogen and oxygen atoms in total. The Morgan fingerprint density at radius 2 is 1.85 bits per heavy atom. The van der Waals surface area contributed by atoms with Gasteiger partial charge in [0.05, 0.1) is 6.61 Å². The van der Waals surface area contributed by atoms with Gasteiger partial charge in [-0.25, -0.2) is 4.79 Å². The first-order valence-electron chi connectivity index (χ1n) is 7.52. The molecule has 0 aromatic rings. The molecule has 0 aromatic carbocycles. The number of allylic oxidation sites excluding steroid dienone is 1. The molecular weight excluding hydrogens is 256 g/mol. The fraction of sp³-hybridized carbons (Fsp3) is 0.688. The van der Waals surface area contributed by atoms with Crippen molar-refractivity contribution >= 4 is 5.97 Å². The molecular formula is C16H24O4. The van der Waals surface area contributed by atoms with Crippen LogP contribution in [0, 0.1) is 0 Å². The third-order valence-electron chi connectivity index (χ3n) is 3.73. The van der Waals surface area contributed by atoms with Crippen molar-refractivity contribution in [2.45, 2.75) is 63.9 Å². The molecule has 0 radical (unpaired) electrons. The second-order valence-electron chi connectivity index (χ2n) is 5.27. The van der Waals surface area contributed by atoms with Gasteiger partial charge in [0, 0.05) is 18.9 Å². The highest BCUT2D eigenvalue weighted by Crippen LogP contribution is 2.41. The molecule has 0 bridgehead atoms. The van der Waals surface area contributed by atoms with E-state index < -0.39 is 5.79 Å². The van der Waals surface area contributed by atoms with Gasteiger partial charge in [0.1, 0.15) is 12.2 Å². The van der Waals surface area contributed by atoms with Crippen LogP contribution in [0.25, 0.3) is 0 Å². The van der Waals surface area contributed by atoms with Gasteiger partial charge in [0.2, 0.25) is 0 Å². The first kappa shape index (κ1) is 15.3. The highest BCUT2D eigenvalue weighted by molar-refractivity contribution is 5.82. The van der Waals surface area contributed by atoms with E-state index in [1.165, 1.54) is 12.5 Å². The largest absolute Gasteiger partial charge is 0.463 e. The topological polar surface area (TPSA) is 44.8 Å². The van der Waals surface area contributed by atoms with Crippen LogP contribution < -0.4 is 0 Å². The summed E-state index contributed by atoms with van der Waals surface area (Å²) < 4.78 is 17.1. The molecule has 20 heavy (non-hydrogen) atoms. The van der Waals surface area contributed by atoms with Crippen molar-refractivity contribution < 1.29 is 19.0 Å². The van der Waals surface area contributed by atoms with Gasteiger partial charge >= 0.3 is 5.97 Å². The number of rotatable bonds is 4. The summed E-state index contributed by atoms with van der Waals surface area (Å²) in [7, 11) is 0. The predicted octanol–water partition coefficient (Wildman–Crippen LogP) is 3.13. The van der Waals surface area contributed by atoms with Crippen molar-refractivity contribution in [3.05, 3.63) is 24.3 Å². The molecule has 0 unspecified atom stereocenters. The maximum atomic E-state index is 11.4. The van der Waals surface area contributed by atoms with Gasteiger partial charge in [-0.05, 0) is 32.8 Å². The Morgan fingerprint density at radius 1 is 1.20 bits per heavy atom. The fourth-order valence-electron chi connectivity index (χ4n) is 2.84. The van der Waals surface area contributed by atoms with E-state index in [1.807, 2.05) is 19.1 Å². The molecule has 1 saturated heterocycles. The van der Waals surface area contributed by atoms with Crippen LogP contribution in [0.3, 0.4) is 0 Å². The smallest absolute Gasteiger partial charge is 0.330 e. The second kappa shape index (κ2) is 7.04. The minimum atomic E-state index is -0.452. The zero-order valence-corrected chi connectivity index (χ0v) is 12.3. The zero-order valence-electron chi connectivity index (χ0n) is 12.3. The van der Waals surface area contributed by atoms with Crippen LogP contribution >= 0.6 is 0 Å². The maximum Gasteiger partial charge on any atom is 0.330 e. The van der Waals surface area contributed by atoms with Crippen LogP contribution in [0.1, 0.15) is 46.0 Å². The van der Waals surface area contributed by atoms with Gasteiger partial charge < -0.3 is 14.2 Å². The average molecular weight is 280 g/mol. The monoisotopic (exact) mass is 280 g/mol. The van der Waals surface area contributed by atoms with E-state index in [-0.39, 0.29) is 18.2 Å². The molecule has 2 atom stereocenters. The zero-order chi connectivity index (χ0) is 14.4. The van der Waals surface area contributed by atoms with Gasteiger partial charge in [-0.1, -0.05) is 18.6 Å². The van der Waals surface area contributed by atoms with Crippen molar-refractivity contribution in [3.63, 3.8) is 0 Å². The van der Waals surface area contributed by atoms with Crippen LogP contribution in [0.4, 0.5) is 0 Å². The molecule has 1 heterocycles. The predicted molar refractivity (Wildman–Crippen MR) is 76.1 cm³/mol. The van der Waals surface area contributed by atoms with Crippen LogP contribution in [0.15, 0.2) is 24.3 Å². The van der Waals surface area contributed by atoms with Crippen LogP contribution in [0.2, 0.25) is 0 Å². The highest BCUT2D eigenvalue weighted by Gasteiger charge is 2.46. The number of carbonyl (C=O) groups is 1. The molecule has 2 fully saturated rings. The summed E-state index contributed by atoms with van der Waals surface area (Å²) in [6.07, 6.45) is 12.2. The highest BCUT2D eigenvalue weighted by atomic mass is 16.8. The Bertz CT molecular complexity index is 380. The molecule has 2 aliphatic rings. The molecule has 0 amide bonds. The van der Waals surface area contributed by atoms with Gasteiger partial charge in [-0.2, -0.15) is 0 Å². The Balaban J connectivity index is 2.03. The quantitative estimate of drug-likeness (QED) is 0.451. The lowest BCUT2D eigenvalue weighted by Crippen LogP contribution is -2.33. The minimum Gasteiger partial charge on any atom is -0.463 e. The number of ether oxygens (including phenoxy) is 3. The Kier molecular flexibility index (Phi) is 5.38. The molecule has 0 aromatic heterocycles. The van der Waals surface area contributed by atoms with Crippen molar-refractivity contribution in [2.24, 2.45) is 0 Å². The summed E-state index contributed by atoms with van der Waals surface area (Å²) in [4.78, 5) is 11.4. The van der Waals surface area contributed by atoms with Crippen molar-refractivity contribution in [3.8, 4) is 0 Å². The lowest BCUT2D eigenvalue weighted by atomic mass is 9.94. The van der Waals surface area contributed by atoms with E-state index in [9.17, 15) is 4.79 Å². The van der Waals surface area contributed by atoms with Crippen LogP contribution in [0.5, 0.6) is 0 Å². The fourth-order valence-corrected chi connectivity index (χ4v) is 2.84. The lowest BCUT2D eigenvalue weighted by Gasteiger charge is -2.31. The van der Waals surface area contributed by atoms with Gasteiger partial charge in [-0.15, -0.1) is 0 Å². The van der Waals surface area contributed by atoms with Gasteiger partial charge in [0.25, 0.3) is 0 Å². The van der Waals surface area contributed by atoms with E-state index in [0.717, 1.165) is 25.7 Å². The van der Waals surface area contributed by atoms with E-state index in [2.05, 4.69) is 0 Å².